The Balaban J connectivity index is 0.00000162. The topological polar surface area (TPSA) is 0 Å². The summed E-state index contributed by atoms with van der Waals surface area (Å²) in [4.78, 5) is 0. The van der Waals surface area contributed by atoms with Gasteiger partial charge in [0.25, 0.3) is 0 Å². The van der Waals surface area contributed by atoms with Crippen molar-refractivity contribution in [1.29, 1.82) is 0 Å². The first-order chi connectivity index (χ1) is 8.11. The van der Waals surface area contributed by atoms with Gasteiger partial charge in [-0.25, -0.2) is 0 Å². The molecule has 0 aliphatic heterocycles. The Labute approximate surface area is 130 Å². The zero-order valence-corrected chi connectivity index (χ0v) is 14.2. The third-order valence-corrected chi connectivity index (χ3v) is 7.95. The van der Waals surface area contributed by atoms with Crippen LogP contribution in [0.2, 0.25) is 0 Å². The van der Waals surface area contributed by atoms with E-state index in [4.69, 9.17) is 0 Å². The predicted molar refractivity (Wildman–Crippen MR) is 81.3 cm³/mol. The Kier molecular flexibility index (Phi) is 7.32. The summed E-state index contributed by atoms with van der Waals surface area (Å²) in [6, 6.07) is 0. The van der Waals surface area contributed by atoms with Crippen LogP contribution in [-0.2, 0) is 0 Å². The van der Waals surface area contributed by atoms with E-state index in [0.29, 0.717) is 0 Å². The van der Waals surface area contributed by atoms with Crippen LogP contribution < -0.4 is 18.9 Å². The first-order valence-corrected chi connectivity index (χ1v) is 9.13. The summed E-state index contributed by atoms with van der Waals surface area (Å²) < 4.78 is 0. The molecule has 0 nitrogen and oxygen atoms in total. The third-order valence-electron chi connectivity index (χ3n) is 6.09. The van der Waals surface area contributed by atoms with Gasteiger partial charge in [0.2, 0.25) is 0 Å². The van der Waals surface area contributed by atoms with Crippen molar-refractivity contribution in [1.82, 2.24) is 0 Å². The van der Waals surface area contributed by atoms with E-state index in [0.717, 1.165) is 35.2 Å². The molecule has 0 amide bonds. The van der Waals surface area contributed by atoms with Gasteiger partial charge in [-0.2, -0.15) is 0 Å². The van der Waals surface area contributed by atoms with Crippen molar-refractivity contribution in [2.75, 3.05) is 6.16 Å². The third kappa shape index (κ3) is 3.78. The van der Waals surface area contributed by atoms with E-state index in [-0.39, 0.29) is 20.3 Å². The van der Waals surface area contributed by atoms with Crippen LogP contribution in [0.4, 0.5) is 0 Å². The van der Waals surface area contributed by atoms with Gasteiger partial charge in [-0.05, 0) is 54.3 Å². The maximum atomic E-state index is 2.51. The van der Waals surface area contributed by atoms with Gasteiger partial charge >= 0.3 is 18.9 Å². The van der Waals surface area contributed by atoms with Gasteiger partial charge in [-0.3, -0.25) is 0 Å². The van der Waals surface area contributed by atoms with E-state index < -0.39 is 0 Å². The molecule has 0 saturated heterocycles. The van der Waals surface area contributed by atoms with Crippen LogP contribution in [-0.4, -0.2) is 11.8 Å². The predicted octanol–water partition coefficient (Wildman–Crippen LogP) is 2.29. The van der Waals surface area contributed by atoms with Crippen LogP contribution in [0.25, 0.3) is 0 Å². The second kappa shape index (κ2) is 7.72. The minimum absolute atomic E-state index is 0. The molecule has 18 heavy (non-hydrogen) atoms. The molecule has 2 saturated carbocycles. The van der Waals surface area contributed by atoms with Gasteiger partial charge in [0.05, 0.1) is 0 Å². The summed E-state index contributed by atoms with van der Waals surface area (Å²) >= 11 is 0. The summed E-state index contributed by atoms with van der Waals surface area (Å²) in [7, 11) is 1.27. The van der Waals surface area contributed by atoms with E-state index in [1.165, 1.54) is 27.8 Å². The van der Waals surface area contributed by atoms with Crippen LogP contribution in [0.15, 0.2) is 0 Å². The maximum Gasteiger partial charge on any atom is 1.00 e. The first kappa shape index (κ1) is 17.1. The van der Waals surface area contributed by atoms with Crippen molar-refractivity contribution < 1.29 is 20.3 Å². The van der Waals surface area contributed by atoms with Gasteiger partial charge in [0.1, 0.15) is 0 Å². The molecule has 0 N–H and O–H groups in total. The molecule has 102 valence electrons. The zero-order valence-electron chi connectivity index (χ0n) is 14.2. The fraction of sp³-hybridized carbons (Fsp3) is 1.00. The molecular formula is C16H32LiP. The van der Waals surface area contributed by atoms with E-state index in [2.05, 4.69) is 27.7 Å². The summed E-state index contributed by atoms with van der Waals surface area (Å²) in [5, 5.41) is 0. The van der Waals surface area contributed by atoms with Crippen molar-refractivity contribution in [2.24, 2.45) is 29.6 Å². The standard InChI is InChI=1S/C16H31P.Li.H/c1-11-12(2)14(4)16(13(11)3)10-17-15-8-6-5-7-9-15;;/h11-17H,5-10H2,1-4H3;;/q;+1;-1. The average Bonchev–Trinajstić information content (AvgIpc) is 2.54. The van der Waals surface area contributed by atoms with E-state index in [1.54, 1.807) is 19.0 Å². The molecule has 0 aromatic carbocycles. The summed E-state index contributed by atoms with van der Waals surface area (Å²) in [5.41, 5.74) is 1.11. The fourth-order valence-corrected chi connectivity index (χ4v) is 6.36. The minimum atomic E-state index is 0. The molecule has 2 aliphatic rings. The molecule has 2 rings (SSSR count). The monoisotopic (exact) mass is 262 g/mol. The largest absolute Gasteiger partial charge is 1.00 e. The normalized spacial score (nSPS) is 42.3. The van der Waals surface area contributed by atoms with Gasteiger partial charge in [0, 0.05) is 0 Å². The number of hydrogen-bond acceptors (Lipinski definition) is 0. The molecule has 0 spiro atoms. The van der Waals surface area contributed by atoms with Gasteiger partial charge in [0.15, 0.2) is 0 Å². The molecule has 0 aromatic heterocycles. The van der Waals surface area contributed by atoms with E-state index in [9.17, 15) is 0 Å². The molecule has 2 aliphatic carbocycles. The van der Waals surface area contributed by atoms with Crippen LogP contribution in [0.5, 0.6) is 0 Å². The first-order valence-electron chi connectivity index (χ1n) is 7.84. The number of rotatable bonds is 3. The molecular weight excluding hydrogens is 230 g/mol. The SMILES string of the molecule is CC1C(C)C(C)C(CPC2CCCCC2)C1C.[H-].[Li+]. The molecule has 0 aromatic rings. The summed E-state index contributed by atoms with van der Waals surface area (Å²) in [6.07, 6.45) is 9.16. The summed E-state index contributed by atoms with van der Waals surface area (Å²) in [6.45, 7) is 9.99. The smallest absolute Gasteiger partial charge is 1.00 e. The quantitative estimate of drug-likeness (QED) is 0.541. The van der Waals surface area contributed by atoms with Gasteiger partial charge in [-0.15, -0.1) is 8.58 Å². The zero-order chi connectivity index (χ0) is 12.4. The van der Waals surface area contributed by atoms with Crippen LogP contribution in [0, 0.1) is 29.6 Å². The van der Waals surface area contributed by atoms with Crippen molar-refractivity contribution in [3.8, 4) is 0 Å². The van der Waals surface area contributed by atoms with E-state index >= 15 is 0 Å². The Morgan fingerprint density at radius 1 is 0.833 bits per heavy atom. The second-order valence-corrected chi connectivity index (χ2v) is 8.48. The molecule has 0 radical (unpaired) electrons. The molecule has 5 atom stereocenters. The average molecular weight is 262 g/mol. The van der Waals surface area contributed by atoms with Crippen molar-refractivity contribution in [3.05, 3.63) is 0 Å². The minimum Gasteiger partial charge on any atom is -1.00 e. The molecule has 2 fully saturated rings. The van der Waals surface area contributed by atoms with Crippen LogP contribution >= 0.6 is 8.58 Å². The van der Waals surface area contributed by atoms with Gasteiger partial charge in [-0.1, -0.05) is 47.0 Å². The molecule has 0 bridgehead atoms. The molecule has 2 heteroatoms. The Morgan fingerprint density at radius 3 is 1.83 bits per heavy atom. The maximum absolute atomic E-state index is 2.51. The molecule has 5 unspecified atom stereocenters. The Bertz CT molecular complexity index is 229. The Morgan fingerprint density at radius 2 is 1.33 bits per heavy atom. The van der Waals surface area contributed by atoms with Crippen LogP contribution in [0.1, 0.15) is 61.2 Å². The van der Waals surface area contributed by atoms with Crippen molar-refractivity contribution in [2.45, 2.75) is 65.5 Å². The van der Waals surface area contributed by atoms with E-state index in [1.807, 2.05) is 0 Å². The number of hydrogen-bond donors (Lipinski definition) is 0. The summed E-state index contributed by atoms with van der Waals surface area (Å²) in [5.74, 6) is 4.87. The second-order valence-electron chi connectivity index (χ2n) is 6.84. The fourth-order valence-electron chi connectivity index (χ4n) is 4.20. The van der Waals surface area contributed by atoms with Crippen molar-refractivity contribution in [3.63, 3.8) is 0 Å². The van der Waals surface area contributed by atoms with Crippen LogP contribution in [0.3, 0.4) is 0 Å². The Hall–Kier alpha value is 1.03. The molecule has 0 heterocycles. The van der Waals surface area contributed by atoms with Gasteiger partial charge < -0.3 is 1.43 Å². The van der Waals surface area contributed by atoms with Crippen molar-refractivity contribution >= 4 is 8.58 Å².